The summed E-state index contributed by atoms with van der Waals surface area (Å²) in [6.45, 7) is 0. The highest BCUT2D eigenvalue weighted by Gasteiger charge is 2.27. The second-order valence-electron chi connectivity index (χ2n) is 2.80. The van der Waals surface area contributed by atoms with Gasteiger partial charge in [-0.05, 0) is 12.1 Å². The molecular weight excluding hydrogens is 196 g/mol. The third-order valence-electron chi connectivity index (χ3n) is 1.75. The molecule has 1 aliphatic heterocycles. The average Bonchev–Trinajstić information content (AvgIpc) is 2.58. The summed E-state index contributed by atoms with van der Waals surface area (Å²) in [4.78, 5) is 15.5. The Balaban J connectivity index is 2.12. The van der Waals surface area contributed by atoms with E-state index in [0.717, 1.165) is 5.69 Å². The zero-order valence-corrected chi connectivity index (χ0v) is 7.65. The number of carbonyl (C=O) groups excluding carboxylic acids is 1. The monoisotopic (exact) mass is 204 g/mol. The Bertz CT molecular complexity index is 409. The number of hydrogen-bond acceptors (Lipinski definition) is 5. The molecule has 0 aliphatic carbocycles. The first-order valence-electron chi connectivity index (χ1n) is 4.22. The Kier molecular flexibility index (Phi) is 2.32. The minimum atomic E-state index is -0.525. The van der Waals surface area contributed by atoms with E-state index in [4.69, 9.17) is 5.41 Å². The molecule has 1 saturated heterocycles. The lowest BCUT2D eigenvalue weighted by molar-refractivity contribution is -0.119. The van der Waals surface area contributed by atoms with Crippen molar-refractivity contribution in [1.29, 1.82) is 5.41 Å². The second kappa shape index (κ2) is 3.79. The molecule has 1 aromatic carbocycles. The van der Waals surface area contributed by atoms with Crippen LogP contribution < -0.4 is 10.9 Å². The molecule has 76 valence electrons. The van der Waals surface area contributed by atoms with Crippen LogP contribution in [0.15, 0.2) is 35.4 Å². The lowest BCUT2D eigenvalue weighted by Gasteiger charge is -1.98. The highest BCUT2D eigenvalue weighted by atomic mass is 16.7. The summed E-state index contributed by atoms with van der Waals surface area (Å²) in [6.07, 6.45) is 0. The molecule has 0 saturated carbocycles. The fourth-order valence-electron chi connectivity index (χ4n) is 1.03. The minimum absolute atomic E-state index is 0.0705. The van der Waals surface area contributed by atoms with Gasteiger partial charge in [0.25, 0.3) is 5.90 Å². The lowest BCUT2D eigenvalue weighted by atomic mass is 10.3. The van der Waals surface area contributed by atoms with Crippen LogP contribution in [-0.2, 0) is 9.63 Å². The summed E-state index contributed by atoms with van der Waals surface area (Å²) in [7, 11) is 0. The van der Waals surface area contributed by atoms with Gasteiger partial charge in [0, 0.05) is 0 Å². The maximum absolute atomic E-state index is 11.1. The number of hydroxylamine groups is 1. The lowest BCUT2D eigenvalue weighted by Crippen LogP contribution is -2.20. The van der Waals surface area contributed by atoms with E-state index >= 15 is 0 Å². The van der Waals surface area contributed by atoms with Crippen molar-refractivity contribution in [3.63, 3.8) is 0 Å². The molecule has 1 aromatic rings. The van der Waals surface area contributed by atoms with Gasteiger partial charge in [-0.3, -0.25) is 15.6 Å². The molecule has 0 spiro atoms. The maximum Gasteiger partial charge on any atom is 0.310 e. The molecule has 2 rings (SSSR count). The van der Waals surface area contributed by atoms with Crippen molar-refractivity contribution in [1.82, 2.24) is 5.48 Å². The number of rotatable bonds is 2. The van der Waals surface area contributed by atoms with Gasteiger partial charge in [0.2, 0.25) is 5.71 Å². The van der Waals surface area contributed by atoms with E-state index < -0.39 is 5.91 Å². The Morgan fingerprint density at radius 1 is 1.33 bits per heavy atom. The zero-order valence-electron chi connectivity index (χ0n) is 7.65. The van der Waals surface area contributed by atoms with Gasteiger partial charge in [-0.15, -0.1) is 0 Å². The van der Waals surface area contributed by atoms with Crippen molar-refractivity contribution < 1.29 is 9.63 Å². The number of amides is 1. The molecule has 0 unspecified atom stereocenters. The number of nitrogens with zero attached hydrogens (tertiary/aromatic N) is 1. The van der Waals surface area contributed by atoms with Gasteiger partial charge in [0.1, 0.15) is 0 Å². The topological polar surface area (TPSA) is 86.6 Å². The molecule has 0 bridgehead atoms. The van der Waals surface area contributed by atoms with Gasteiger partial charge in [0.05, 0.1) is 5.69 Å². The fraction of sp³-hybridized carbons (Fsp3) is 0. The molecule has 0 radical (unpaired) electrons. The quantitative estimate of drug-likeness (QED) is 0.613. The largest absolute Gasteiger partial charge is 0.357 e. The molecule has 1 amide bonds. The molecule has 0 aromatic heterocycles. The smallest absolute Gasteiger partial charge is 0.310 e. The van der Waals surface area contributed by atoms with Gasteiger partial charge in [0.15, 0.2) is 0 Å². The van der Waals surface area contributed by atoms with Gasteiger partial charge >= 0.3 is 5.91 Å². The van der Waals surface area contributed by atoms with Gasteiger partial charge in [-0.25, -0.2) is 0 Å². The van der Waals surface area contributed by atoms with E-state index in [9.17, 15) is 4.79 Å². The summed E-state index contributed by atoms with van der Waals surface area (Å²) in [6, 6.07) is 9.12. The van der Waals surface area contributed by atoms with Crippen LogP contribution in [-0.4, -0.2) is 17.5 Å². The summed E-state index contributed by atoms with van der Waals surface area (Å²) < 4.78 is 0. The number of carbonyl (C=O) groups is 1. The average molecular weight is 204 g/mol. The van der Waals surface area contributed by atoms with Gasteiger partial charge in [-0.2, -0.15) is 10.6 Å². The van der Waals surface area contributed by atoms with Gasteiger partial charge in [-0.1, -0.05) is 18.2 Å². The number of hydrogen-bond donors (Lipinski definition) is 3. The van der Waals surface area contributed by atoms with Crippen molar-refractivity contribution in [2.75, 3.05) is 5.43 Å². The van der Waals surface area contributed by atoms with Crippen LogP contribution in [0.2, 0.25) is 0 Å². The van der Waals surface area contributed by atoms with Crippen LogP contribution in [0.5, 0.6) is 0 Å². The molecule has 1 heterocycles. The predicted molar refractivity (Wildman–Crippen MR) is 54.5 cm³/mol. The maximum atomic E-state index is 11.1. The van der Waals surface area contributed by atoms with Crippen molar-refractivity contribution in [2.24, 2.45) is 5.10 Å². The third kappa shape index (κ3) is 1.93. The molecule has 0 atom stereocenters. The standard InChI is InChI=1S/C9H8N4O2/c10-8-7(9(14)13-15-8)12-11-6-4-2-1-3-5-6/h1-5,10-11H,(H,13,14)/b10-8?,12-7-. The molecule has 3 N–H and O–H groups in total. The Morgan fingerprint density at radius 2 is 2.07 bits per heavy atom. The van der Waals surface area contributed by atoms with E-state index in [0.29, 0.717) is 0 Å². The third-order valence-corrected chi connectivity index (χ3v) is 1.75. The van der Waals surface area contributed by atoms with E-state index in [1.165, 1.54) is 0 Å². The first-order valence-corrected chi connectivity index (χ1v) is 4.22. The zero-order chi connectivity index (χ0) is 10.7. The minimum Gasteiger partial charge on any atom is -0.357 e. The Hall–Kier alpha value is -2.37. The van der Waals surface area contributed by atoms with Crippen LogP contribution >= 0.6 is 0 Å². The first kappa shape index (κ1) is 9.20. The Morgan fingerprint density at radius 3 is 2.67 bits per heavy atom. The summed E-state index contributed by atoms with van der Waals surface area (Å²) in [5, 5.41) is 11.0. The molecule has 6 heteroatoms. The highest BCUT2D eigenvalue weighted by molar-refractivity contribution is 6.66. The highest BCUT2D eigenvalue weighted by Crippen LogP contribution is 2.05. The fourth-order valence-corrected chi connectivity index (χ4v) is 1.03. The van der Waals surface area contributed by atoms with Crippen LogP contribution in [0.3, 0.4) is 0 Å². The number of benzene rings is 1. The van der Waals surface area contributed by atoms with E-state index in [1.54, 1.807) is 12.1 Å². The SMILES string of the molecule is N=C1ONC(=O)/C1=N\Nc1ccccc1. The van der Waals surface area contributed by atoms with E-state index in [2.05, 4.69) is 15.4 Å². The molecule has 1 fully saturated rings. The summed E-state index contributed by atoms with van der Waals surface area (Å²) in [5.41, 5.74) is 5.34. The molecular formula is C9H8N4O2. The summed E-state index contributed by atoms with van der Waals surface area (Å²) >= 11 is 0. The van der Waals surface area contributed by atoms with Crippen molar-refractivity contribution in [2.45, 2.75) is 0 Å². The van der Waals surface area contributed by atoms with Crippen LogP contribution in [0.1, 0.15) is 0 Å². The van der Waals surface area contributed by atoms with Gasteiger partial charge < -0.3 is 4.84 Å². The van der Waals surface area contributed by atoms with E-state index in [-0.39, 0.29) is 11.6 Å². The first-order chi connectivity index (χ1) is 7.27. The molecule has 15 heavy (non-hydrogen) atoms. The van der Waals surface area contributed by atoms with Crippen LogP contribution in [0, 0.1) is 5.41 Å². The van der Waals surface area contributed by atoms with Crippen molar-refractivity contribution in [3.8, 4) is 0 Å². The van der Waals surface area contributed by atoms with E-state index in [1.807, 2.05) is 23.7 Å². The van der Waals surface area contributed by atoms with Crippen LogP contribution in [0.25, 0.3) is 0 Å². The van der Waals surface area contributed by atoms with Crippen LogP contribution in [0.4, 0.5) is 5.69 Å². The second-order valence-corrected chi connectivity index (χ2v) is 2.80. The predicted octanol–water partition coefficient (Wildman–Crippen LogP) is 0.493. The number of anilines is 1. The molecule has 6 nitrogen and oxygen atoms in total. The van der Waals surface area contributed by atoms with Crippen molar-refractivity contribution >= 4 is 23.2 Å². The normalized spacial score (nSPS) is 17.5. The van der Waals surface area contributed by atoms with Crippen molar-refractivity contribution in [3.05, 3.63) is 30.3 Å². The number of nitrogens with one attached hydrogen (secondary N) is 3. The summed E-state index contributed by atoms with van der Waals surface area (Å²) in [5.74, 6) is -0.813. The number of para-hydroxylation sites is 1. The number of hydrazone groups is 1. The molecule has 1 aliphatic rings. The Labute approximate surface area is 85.4 Å².